The average Bonchev–Trinajstić information content (AvgIpc) is 2.31. The molecule has 1 aromatic carbocycles. The first-order chi connectivity index (χ1) is 8.10. The third kappa shape index (κ3) is 3.66. The minimum atomic E-state index is -1.02. The number of carbonyl (C=O) groups is 1. The topological polar surface area (TPSA) is 20.3 Å². The largest absolute Gasteiger partial charge is 0.337 e. The summed E-state index contributed by atoms with van der Waals surface area (Å²) in [6.45, 7) is 2.87. The Kier molecular flexibility index (Phi) is 5.35. The van der Waals surface area contributed by atoms with Gasteiger partial charge in [0.05, 0.1) is 0 Å². The number of amides is 1. The van der Waals surface area contributed by atoms with Crippen molar-refractivity contribution in [3.8, 4) is 0 Å². The number of rotatable bonds is 5. The number of halogens is 3. The molecule has 0 heterocycles. The molecular weight excluding hydrogens is 248 g/mol. The van der Waals surface area contributed by atoms with E-state index in [2.05, 4.69) is 0 Å². The molecule has 5 heteroatoms. The Labute approximate surface area is 104 Å². The molecule has 1 aromatic rings. The Morgan fingerprint density at radius 2 is 2.00 bits per heavy atom. The van der Waals surface area contributed by atoms with E-state index < -0.39 is 11.6 Å². The van der Waals surface area contributed by atoms with Gasteiger partial charge in [0, 0.05) is 24.5 Å². The zero-order valence-corrected chi connectivity index (χ0v) is 10.3. The molecule has 0 aliphatic heterocycles. The van der Waals surface area contributed by atoms with Crippen LogP contribution < -0.4 is 0 Å². The fourth-order valence-electron chi connectivity index (χ4n) is 1.50. The highest BCUT2D eigenvalue weighted by molar-refractivity contribution is 6.18. The SMILES string of the molecule is CCCN(CCCl)C(=O)c1ccc(F)c(F)c1. The zero-order valence-electron chi connectivity index (χ0n) is 9.55. The third-order valence-corrected chi connectivity index (χ3v) is 2.47. The summed E-state index contributed by atoms with van der Waals surface area (Å²) >= 11 is 5.59. The summed E-state index contributed by atoms with van der Waals surface area (Å²) in [6, 6.07) is 3.14. The molecule has 0 spiro atoms. The van der Waals surface area contributed by atoms with Crippen molar-refractivity contribution in [3.05, 3.63) is 35.4 Å². The van der Waals surface area contributed by atoms with Gasteiger partial charge in [-0.3, -0.25) is 4.79 Å². The van der Waals surface area contributed by atoms with Crippen LogP contribution in [0, 0.1) is 11.6 Å². The quantitative estimate of drug-likeness (QED) is 0.746. The van der Waals surface area contributed by atoms with Gasteiger partial charge in [0.15, 0.2) is 11.6 Å². The summed E-state index contributed by atoms with van der Waals surface area (Å²) in [7, 11) is 0. The molecule has 0 atom stereocenters. The lowest BCUT2D eigenvalue weighted by Gasteiger charge is -2.21. The van der Waals surface area contributed by atoms with Crippen LogP contribution >= 0.6 is 11.6 Å². The fraction of sp³-hybridized carbons (Fsp3) is 0.417. The molecule has 0 radical (unpaired) electrons. The van der Waals surface area contributed by atoms with E-state index in [0.29, 0.717) is 19.0 Å². The van der Waals surface area contributed by atoms with Gasteiger partial charge in [-0.1, -0.05) is 6.92 Å². The number of hydrogen-bond donors (Lipinski definition) is 0. The summed E-state index contributed by atoms with van der Waals surface area (Å²) in [6.07, 6.45) is 0.784. The summed E-state index contributed by atoms with van der Waals surface area (Å²) < 4.78 is 25.7. The van der Waals surface area contributed by atoms with Gasteiger partial charge in [-0.25, -0.2) is 8.78 Å². The van der Waals surface area contributed by atoms with E-state index in [1.165, 1.54) is 11.0 Å². The van der Waals surface area contributed by atoms with Gasteiger partial charge in [0.25, 0.3) is 5.91 Å². The number of benzene rings is 1. The second-order valence-corrected chi connectivity index (χ2v) is 3.99. The Bertz CT molecular complexity index is 392. The summed E-state index contributed by atoms with van der Waals surface area (Å²) in [5.74, 6) is -1.99. The molecule has 0 N–H and O–H groups in total. The predicted molar refractivity (Wildman–Crippen MR) is 63.3 cm³/mol. The van der Waals surface area contributed by atoms with E-state index in [-0.39, 0.29) is 11.5 Å². The molecule has 0 bridgehead atoms. The number of hydrogen-bond acceptors (Lipinski definition) is 1. The van der Waals surface area contributed by atoms with E-state index >= 15 is 0 Å². The van der Waals surface area contributed by atoms with Gasteiger partial charge in [0.2, 0.25) is 0 Å². The molecule has 17 heavy (non-hydrogen) atoms. The van der Waals surface area contributed by atoms with Crippen LogP contribution in [0.1, 0.15) is 23.7 Å². The Balaban J connectivity index is 2.88. The molecule has 0 fully saturated rings. The fourth-order valence-corrected chi connectivity index (χ4v) is 1.70. The van der Waals surface area contributed by atoms with Crippen molar-refractivity contribution in [2.24, 2.45) is 0 Å². The number of nitrogens with zero attached hydrogens (tertiary/aromatic N) is 1. The van der Waals surface area contributed by atoms with Gasteiger partial charge in [0.1, 0.15) is 0 Å². The summed E-state index contributed by atoms with van der Waals surface area (Å²) in [5.41, 5.74) is 0.141. The predicted octanol–water partition coefficient (Wildman–Crippen LogP) is 3.06. The molecule has 0 saturated heterocycles. The first-order valence-corrected chi connectivity index (χ1v) is 5.94. The molecular formula is C12H14ClF2NO. The molecule has 0 aromatic heterocycles. The first kappa shape index (κ1) is 13.9. The van der Waals surface area contributed by atoms with E-state index in [1.807, 2.05) is 6.92 Å². The summed E-state index contributed by atoms with van der Waals surface area (Å²) in [5, 5.41) is 0. The first-order valence-electron chi connectivity index (χ1n) is 5.40. The maximum absolute atomic E-state index is 13.0. The highest BCUT2D eigenvalue weighted by Gasteiger charge is 2.16. The van der Waals surface area contributed by atoms with Gasteiger partial charge in [-0.15, -0.1) is 11.6 Å². The van der Waals surface area contributed by atoms with Crippen molar-refractivity contribution in [2.45, 2.75) is 13.3 Å². The van der Waals surface area contributed by atoms with Crippen LogP contribution in [-0.4, -0.2) is 29.8 Å². The smallest absolute Gasteiger partial charge is 0.253 e. The Morgan fingerprint density at radius 1 is 1.29 bits per heavy atom. The van der Waals surface area contributed by atoms with Crippen LogP contribution in [0.4, 0.5) is 8.78 Å². The van der Waals surface area contributed by atoms with E-state index in [4.69, 9.17) is 11.6 Å². The van der Waals surface area contributed by atoms with Crippen molar-refractivity contribution >= 4 is 17.5 Å². The van der Waals surface area contributed by atoms with Crippen molar-refractivity contribution in [1.29, 1.82) is 0 Å². The van der Waals surface area contributed by atoms with E-state index in [9.17, 15) is 13.6 Å². The molecule has 2 nitrogen and oxygen atoms in total. The molecule has 0 aliphatic rings. The van der Waals surface area contributed by atoms with Gasteiger partial charge < -0.3 is 4.90 Å². The van der Waals surface area contributed by atoms with Gasteiger partial charge in [-0.2, -0.15) is 0 Å². The van der Waals surface area contributed by atoms with Crippen molar-refractivity contribution < 1.29 is 13.6 Å². The maximum Gasteiger partial charge on any atom is 0.253 e. The maximum atomic E-state index is 13.0. The molecule has 0 saturated carbocycles. The molecule has 1 rings (SSSR count). The Hall–Kier alpha value is -1.16. The zero-order chi connectivity index (χ0) is 12.8. The van der Waals surface area contributed by atoms with Crippen LogP contribution in [0.3, 0.4) is 0 Å². The molecule has 0 unspecified atom stereocenters. The average molecular weight is 262 g/mol. The summed E-state index contributed by atoms with van der Waals surface area (Å²) in [4.78, 5) is 13.5. The van der Waals surface area contributed by atoms with Gasteiger partial charge in [-0.05, 0) is 24.6 Å². The lowest BCUT2D eigenvalue weighted by Crippen LogP contribution is -2.33. The van der Waals surface area contributed by atoms with Crippen molar-refractivity contribution in [2.75, 3.05) is 19.0 Å². The van der Waals surface area contributed by atoms with Crippen LogP contribution in [0.5, 0.6) is 0 Å². The van der Waals surface area contributed by atoms with E-state index in [0.717, 1.165) is 18.6 Å². The highest BCUT2D eigenvalue weighted by Crippen LogP contribution is 2.11. The van der Waals surface area contributed by atoms with Crippen molar-refractivity contribution in [3.63, 3.8) is 0 Å². The monoisotopic (exact) mass is 261 g/mol. The molecule has 1 amide bonds. The third-order valence-electron chi connectivity index (χ3n) is 2.30. The van der Waals surface area contributed by atoms with E-state index in [1.54, 1.807) is 0 Å². The second-order valence-electron chi connectivity index (χ2n) is 3.61. The Morgan fingerprint density at radius 3 is 2.53 bits per heavy atom. The highest BCUT2D eigenvalue weighted by atomic mass is 35.5. The normalized spacial score (nSPS) is 10.4. The van der Waals surface area contributed by atoms with Crippen LogP contribution in [0.25, 0.3) is 0 Å². The lowest BCUT2D eigenvalue weighted by atomic mass is 10.2. The minimum absolute atomic E-state index is 0.141. The molecule has 0 aliphatic carbocycles. The van der Waals surface area contributed by atoms with Crippen LogP contribution in [0.2, 0.25) is 0 Å². The van der Waals surface area contributed by atoms with Crippen molar-refractivity contribution in [1.82, 2.24) is 4.90 Å². The molecule has 94 valence electrons. The van der Waals surface area contributed by atoms with Crippen LogP contribution in [-0.2, 0) is 0 Å². The minimum Gasteiger partial charge on any atom is -0.337 e. The number of carbonyl (C=O) groups excluding carboxylic acids is 1. The standard InChI is InChI=1S/C12H14ClF2NO/c1-2-6-16(7-5-13)12(17)9-3-4-10(14)11(15)8-9/h3-4,8H,2,5-7H2,1H3. The van der Waals surface area contributed by atoms with Gasteiger partial charge >= 0.3 is 0 Å². The number of alkyl halides is 1. The lowest BCUT2D eigenvalue weighted by molar-refractivity contribution is 0.0765. The second kappa shape index (κ2) is 6.55. The van der Waals surface area contributed by atoms with Crippen LogP contribution in [0.15, 0.2) is 18.2 Å².